The molecule has 0 saturated carbocycles. The van der Waals surface area contributed by atoms with E-state index in [1.54, 1.807) is 30.5 Å². The number of hydrogen-bond donors (Lipinski definition) is 2. The number of fused-ring (bicyclic) bond motifs is 1. The highest BCUT2D eigenvalue weighted by Gasteiger charge is 2.14. The Labute approximate surface area is 147 Å². The fourth-order valence-electron chi connectivity index (χ4n) is 2.41. The van der Waals surface area contributed by atoms with E-state index in [9.17, 15) is 14.0 Å². The lowest BCUT2D eigenvalue weighted by Gasteiger charge is -2.10. The van der Waals surface area contributed by atoms with E-state index in [1.807, 2.05) is 0 Å². The molecule has 7 heteroatoms. The maximum Gasteiger partial charge on any atom is 0.257 e. The van der Waals surface area contributed by atoms with Gasteiger partial charge in [-0.15, -0.1) is 0 Å². The number of nitrogens with zero attached hydrogens (tertiary/aromatic N) is 1. The molecule has 1 aromatic heterocycles. The molecular formula is C18H13ClFN3O2. The normalized spacial score (nSPS) is 10.5. The minimum absolute atomic E-state index is 0.00982. The molecule has 2 aromatic carbocycles. The molecule has 2 amide bonds. The second-order valence-corrected chi connectivity index (χ2v) is 5.73. The molecule has 0 aliphatic rings. The van der Waals surface area contributed by atoms with Gasteiger partial charge in [0.2, 0.25) is 5.91 Å². The van der Waals surface area contributed by atoms with Crippen LogP contribution in [0.15, 0.2) is 48.7 Å². The Bertz CT molecular complexity index is 991. The first-order valence-electron chi connectivity index (χ1n) is 7.37. The van der Waals surface area contributed by atoms with Crippen molar-refractivity contribution in [3.8, 4) is 0 Å². The average Bonchev–Trinajstić information content (AvgIpc) is 2.58. The van der Waals surface area contributed by atoms with Crippen LogP contribution in [-0.4, -0.2) is 16.8 Å². The summed E-state index contributed by atoms with van der Waals surface area (Å²) < 4.78 is 13.7. The highest BCUT2D eigenvalue weighted by Crippen LogP contribution is 2.26. The second-order valence-electron chi connectivity index (χ2n) is 5.32. The molecule has 25 heavy (non-hydrogen) atoms. The maximum absolute atomic E-state index is 13.7. The number of benzene rings is 2. The molecule has 0 aliphatic heterocycles. The number of carbonyl (C=O) groups excluding carboxylic acids is 2. The number of amides is 2. The van der Waals surface area contributed by atoms with Crippen molar-refractivity contribution in [2.24, 2.45) is 0 Å². The van der Waals surface area contributed by atoms with Crippen molar-refractivity contribution in [1.29, 1.82) is 0 Å². The third-order valence-electron chi connectivity index (χ3n) is 3.50. The topological polar surface area (TPSA) is 71.1 Å². The largest absolute Gasteiger partial charge is 0.324 e. The van der Waals surface area contributed by atoms with Gasteiger partial charge in [0.15, 0.2) is 0 Å². The van der Waals surface area contributed by atoms with Gasteiger partial charge in [-0.3, -0.25) is 14.6 Å². The van der Waals surface area contributed by atoms with Crippen molar-refractivity contribution >= 4 is 45.7 Å². The van der Waals surface area contributed by atoms with Gasteiger partial charge in [0.1, 0.15) is 5.82 Å². The molecule has 0 fully saturated rings. The summed E-state index contributed by atoms with van der Waals surface area (Å²) in [6.45, 7) is 1.27. The summed E-state index contributed by atoms with van der Waals surface area (Å²) in [5.74, 6) is -1.41. The van der Waals surface area contributed by atoms with E-state index in [0.717, 1.165) is 0 Å². The summed E-state index contributed by atoms with van der Waals surface area (Å²) >= 11 is 6.13. The zero-order chi connectivity index (χ0) is 18.0. The minimum Gasteiger partial charge on any atom is -0.324 e. The molecule has 0 bridgehead atoms. The van der Waals surface area contributed by atoms with Gasteiger partial charge in [-0.05, 0) is 42.5 Å². The fourth-order valence-corrected chi connectivity index (χ4v) is 2.62. The van der Waals surface area contributed by atoms with Gasteiger partial charge >= 0.3 is 0 Å². The van der Waals surface area contributed by atoms with Gasteiger partial charge in [-0.1, -0.05) is 11.6 Å². The molecule has 0 unspecified atom stereocenters. The van der Waals surface area contributed by atoms with Gasteiger partial charge in [0, 0.05) is 24.2 Å². The number of aromatic nitrogens is 1. The van der Waals surface area contributed by atoms with Gasteiger partial charge in [0.05, 0.1) is 21.8 Å². The molecule has 0 saturated heterocycles. The number of carbonyl (C=O) groups is 2. The number of halogens is 2. The maximum atomic E-state index is 13.7. The van der Waals surface area contributed by atoms with Crippen LogP contribution in [-0.2, 0) is 4.79 Å². The Hall–Kier alpha value is -2.99. The van der Waals surface area contributed by atoms with Crippen LogP contribution in [0.1, 0.15) is 17.3 Å². The third kappa shape index (κ3) is 3.59. The molecule has 0 radical (unpaired) electrons. The Balaban J connectivity index is 1.93. The highest BCUT2D eigenvalue weighted by atomic mass is 35.5. The molecule has 3 rings (SSSR count). The molecular weight excluding hydrogens is 345 g/mol. The zero-order valence-electron chi connectivity index (χ0n) is 13.1. The Morgan fingerprint density at radius 3 is 2.68 bits per heavy atom. The number of pyridine rings is 1. The lowest BCUT2D eigenvalue weighted by molar-refractivity contribution is -0.114. The lowest BCUT2D eigenvalue weighted by Crippen LogP contribution is -2.14. The summed E-state index contributed by atoms with van der Waals surface area (Å²) in [6, 6.07) is 10.6. The van der Waals surface area contributed by atoms with E-state index in [4.69, 9.17) is 11.6 Å². The van der Waals surface area contributed by atoms with Crippen molar-refractivity contribution in [2.75, 3.05) is 10.6 Å². The van der Waals surface area contributed by atoms with Crippen molar-refractivity contribution < 1.29 is 14.0 Å². The molecule has 2 N–H and O–H groups in total. The van der Waals surface area contributed by atoms with E-state index in [1.165, 1.54) is 25.1 Å². The van der Waals surface area contributed by atoms with Crippen LogP contribution in [0.2, 0.25) is 5.02 Å². The second kappa shape index (κ2) is 6.86. The Morgan fingerprint density at radius 1 is 1.12 bits per heavy atom. The van der Waals surface area contributed by atoms with Gasteiger partial charge in [-0.2, -0.15) is 0 Å². The zero-order valence-corrected chi connectivity index (χ0v) is 13.9. The molecule has 126 valence electrons. The fraction of sp³-hybridized carbons (Fsp3) is 0.0556. The standard InChI is InChI=1S/C18H13ClFN3O2/c1-10(24)22-16-9-11(4-7-15(16)20)23-18(25)13-5-6-14(19)12-3-2-8-21-17(12)13/h2-9H,1H3,(H,22,24)(H,23,25). The van der Waals surface area contributed by atoms with Crippen molar-refractivity contribution in [3.63, 3.8) is 0 Å². The van der Waals surface area contributed by atoms with Crippen molar-refractivity contribution in [3.05, 3.63) is 65.1 Å². The molecule has 0 atom stereocenters. The number of hydrogen-bond acceptors (Lipinski definition) is 3. The van der Waals surface area contributed by atoms with Crippen LogP contribution in [0.4, 0.5) is 15.8 Å². The van der Waals surface area contributed by atoms with Crippen LogP contribution in [0, 0.1) is 5.82 Å². The van der Waals surface area contributed by atoms with E-state index in [-0.39, 0.29) is 5.69 Å². The van der Waals surface area contributed by atoms with Crippen LogP contribution in [0.25, 0.3) is 10.9 Å². The summed E-state index contributed by atoms with van der Waals surface area (Å²) in [5.41, 5.74) is 1.14. The van der Waals surface area contributed by atoms with Crippen molar-refractivity contribution in [1.82, 2.24) is 4.98 Å². The summed E-state index contributed by atoms with van der Waals surface area (Å²) in [5, 5.41) is 6.20. The summed E-state index contributed by atoms with van der Waals surface area (Å²) in [7, 11) is 0. The first kappa shape index (κ1) is 16.9. The van der Waals surface area contributed by atoms with E-state index in [2.05, 4.69) is 15.6 Å². The lowest BCUT2D eigenvalue weighted by atomic mass is 10.1. The molecule has 1 heterocycles. The van der Waals surface area contributed by atoms with Gasteiger partial charge in [-0.25, -0.2) is 4.39 Å². The molecule has 3 aromatic rings. The SMILES string of the molecule is CC(=O)Nc1cc(NC(=O)c2ccc(Cl)c3cccnc23)ccc1F. The Kier molecular flexibility index (Phi) is 4.63. The number of anilines is 2. The van der Waals surface area contributed by atoms with Crippen molar-refractivity contribution in [2.45, 2.75) is 6.92 Å². The van der Waals surface area contributed by atoms with Crippen LogP contribution >= 0.6 is 11.6 Å². The monoisotopic (exact) mass is 357 g/mol. The summed E-state index contributed by atoms with van der Waals surface area (Å²) in [6.07, 6.45) is 1.57. The van der Waals surface area contributed by atoms with Crippen LogP contribution in [0.3, 0.4) is 0 Å². The van der Waals surface area contributed by atoms with E-state index < -0.39 is 17.6 Å². The average molecular weight is 358 g/mol. The quantitative estimate of drug-likeness (QED) is 0.736. The van der Waals surface area contributed by atoms with Crippen LogP contribution < -0.4 is 10.6 Å². The highest BCUT2D eigenvalue weighted by molar-refractivity contribution is 6.36. The van der Waals surface area contributed by atoms with E-state index >= 15 is 0 Å². The van der Waals surface area contributed by atoms with Gasteiger partial charge < -0.3 is 10.6 Å². The number of rotatable bonds is 3. The Morgan fingerprint density at radius 2 is 1.92 bits per heavy atom. The van der Waals surface area contributed by atoms with E-state index in [0.29, 0.717) is 27.2 Å². The molecule has 0 spiro atoms. The first-order valence-corrected chi connectivity index (χ1v) is 7.75. The first-order chi connectivity index (χ1) is 12.0. The minimum atomic E-state index is -0.591. The molecule has 5 nitrogen and oxygen atoms in total. The van der Waals surface area contributed by atoms with Crippen LogP contribution in [0.5, 0.6) is 0 Å². The third-order valence-corrected chi connectivity index (χ3v) is 3.83. The number of nitrogens with one attached hydrogen (secondary N) is 2. The predicted molar refractivity (Wildman–Crippen MR) is 95.4 cm³/mol. The smallest absolute Gasteiger partial charge is 0.257 e. The predicted octanol–water partition coefficient (Wildman–Crippen LogP) is 4.24. The summed E-state index contributed by atoms with van der Waals surface area (Å²) in [4.78, 5) is 27.9. The molecule has 0 aliphatic carbocycles. The van der Waals surface area contributed by atoms with Gasteiger partial charge in [0.25, 0.3) is 5.91 Å².